The molecule has 0 bridgehead atoms. The zero-order valence-electron chi connectivity index (χ0n) is 16.4. The van der Waals surface area contributed by atoms with E-state index in [1.165, 1.54) is 18.2 Å². The Hall–Kier alpha value is -3.76. The van der Waals surface area contributed by atoms with Gasteiger partial charge in [-0.05, 0) is 42.0 Å². The van der Waals surface area contributed by atoms with Crippen LogP contribution >= 0.6 is 24.0 Å². The van der Waals surface area contributed by atoms with Crippen molar-refractivity contribution in [3.05, 3.63) is 93.1 Å². The van der Waals surface area contributed by atoms with Gasteiger partial charge in [0.1, 0.15) is 11.5 Å². The highest BCUT2D eigenvalue weighted by Gasteiger charge is 2.33. The van der Waals surface area contributed by atoms with Crippen molar-refractivity contribution in [2.24, 2.45) is 0 Å². The molecule has 0 saturated carbocycles. The number of nitro benzene ring substituents is 1. The number of benzene rings is 2. The van der Waals surface area contributed by atoms with Gasteiger partial charge in [-0.25, -0.2) is 0 Å². The molecule has 10 heteroatoms. The van der Waals surface area contributed by atoms with E-state index < -0.39 is 10.8 Å². The molecule has 1 aliphatic heterocycles. The van der Waals surface area contributed by atoms with Crippen LogP contribution in [0.4, 0.5) is 5.69 Å². The maximum Gasteiger partial charge on any atom is 0.285 e. The molecule has 1 fully saturated rings. The number of hydrogen-bond acceptors (Lipinski definition) is 7. The molecular formula is C22H15N3O5S2. The molecule has 1 saturated heterocycles. The molecule has 2 heterocycles. The Morgan fingerprint density at radius 3 is 2.53 bits per heavy atom. The zero-order chi connectivity index (χ0) is 22.7. The minimum atomic E-state index is -0.474. The van der Waals surface area contributed by atoms with Crippen LogP contribution in [0.2, 0.25) is 0 Å². The molecule has 8 nitrogen and oxygen atoms in total. The number of furan rings is 1. The van der Waals surface area contributed by atoms with Crippen LogP contribution in [0.25, 0.3) is 17.4 Å². The van der Waals surface area contributed by atoms with E-state index in [-0.39, 0.29) is 22.3 Å². The third kappa shape index (κ3) is 4.76. The molecule has 1 aromatic heterocycles. The summed E-state index contributed by atoms with van der Waals surface area (Å²) in [6.45, 7) is 0. The quantitative estimate of drug-likeness (QED) is 0.250. The van der Waals surface area contributed by atoms with Crippen LogP contribution in [-0.2, 0) is 16.0 Å². The molecule has 0 spiro atoms. The predicted molar refractivity (Wildman–Crippen MR) is 124 cm³/mol. The fourth-order valence-corrected chi connectivity index (χ4v) is 4.13. The Bertz CT molecular complexity index is 1240. The lowest BCUT2D eigenvalue weighted by Gasteiger charge is -2.15. The zero-order valence-corrected chi connectivity index (χ0v) is 18.0. The van der Waals surface area contributed by atoms with Crippen molar-refractivity contribution in [1.82, 2.24) is 10.4 Å². The molecule has 1 N–H and O–H groups in total. The summed E-state index contributed by atoms with van der Waals surface area (Å²) in [5.74, 6) is 0.106. The first kappa shape index (κ1) is 21.5. The van der Waals surface area contributed by atoms with Gasteiger partial charge in [0.05, 0.1) is 16.2 Å². The molecular weight excluding hydrogens is 450 g/mol. The highest BCUT2D eigenvalue weighted by atomic mass is 32.2. The molecule has 2 amide bonds. The molecule has 2 aromatic carbocycles. The van der Waals surface area contributed by atoms with Crippen molar-refractivity contribution in [3.8, 4) is 11.3 Å². The van der Waals surface area contributed by atoms with Gasteiger partial charge in [0, 0.05) is 23.8 Å². The Balaban J connectivity index is 1.45. The summed E-state index contributed by atoms with van der Waals surface area (Å²) in [6, 6.07) is 18.5. The van der Waals surface area contributed by atoms with Crippen LogP contribution in [0, 0.1) is 10.1 Å². The molecule has 4 rings (SSSR count). The number of rotatable bonds is 6. The number of nitro groups is 1. The fourth-order valence-electron chi connectivity index (χ4n) is 2.97. The van der Waals surface area contributed by atoms with Gasteiger partial charge in [0.2, 0.25) is 5.91 Å². The lowest BCUT2D eigenvalue weighted by molar-refractivity contribution is -0.384. The van der Waals surface area contributed by atoms with Crippen molar-refractivity contribution in [3.63, 3.8) is 0 Å². The number of nitrogens with zero attached hydrogens (tertiary/aromatic N) is 2. The molecule has 0 atom stereocenters. The maximum absolute atomic E-state index is 12.7. The van der Waals surface area contributed by atoms with Gasteiger partial charge in [-0.15, -0.1) is 0 Å². The molecule has 0 radical (unpaired) electrons. The Morgan fingerprint density at radius 2 is 1.84 bits per heavy atom. The first-order valence-corrected chi connectivity index (χ1v) is 10.6. The van der Waals surface area contributed by atoms with Crippen LogP contribution in [0.15, 0.2) is 76.1 Å². The minimum absolute atomic E-state index is 0.0153. The number of thioether (sulfide) groups is 1. The SMILES string of the molecule is O=C(Cc1ccccc1)NN1C(=O)/C(=C\c2ccc(-c3ccc([N+](=O)[O-])cc3)o2)SC1=S. The molecule has 3 aromatic rings. The highest BCUT2D eigenvalue weighted by Crippen LogP contribution is 2.33. The minimum Gasteiger partial charge on any atom is -0.457 e. The van der Waals surface area contributed by atoms with Gasteiger partial charge >= 0.3 is 0 Å². The van der Waals surface area contributed by atoms with Crippen LogP contribution in [-0.4, -0.2) is 26.1 Å². The number of thiocarbonyl (C=S) groups is 1. The summed E-state index contributed by atoms with van der Waals surface area (Å²) in [5.41, 5.74) is 4.01. The highest BCUT2D eigenvalue weighted by molar-refractivity contribution is 8.26. The normalized spacial score (nSPS) is 14.8. The average Bonchev–Trinajstić information content (AvgIpc) is 3.35. The first-order chi connectivity index (χ1) is 15.4. The summed E-state index contributed by atoms with van der Waals surface area (Å²) in [4.78, 5) is 35.6. The number of carbonyl (C=O) groups is 2. The summed E-state index contributed by atoms with van der Waals surface area (Å²) in [5, 5.41) is 11.8. The number of nitrogens with one attached hydrogen (secondary N) is 1. The van der Waals surface area contributed by atoms with E-state index in [1.807, 2.05) is 30.3 Å². The van der Waals surface area contributed by atoms with Crippen molar-refractivity contribution < 1.29 is 18.9 Å². The van der Waals surface area contributed by atoms with Crippen LogP contribution < -0.4 is 5.43 Å². The summed E-state index contributed by atoms with van der Waals surface area (Å²) < 4.78 is 5.96. The van der Waals surface area contributed by atoms with E-state index in [2.05, 4.69) is 5.43 Å². The van der Waals surface area contributed by atoms with E-state index in [1.54, 1.807) is 24.3 Å². The van der Waals surface area contributed by atoms with Crippen LogP contribution in [0.3, 0.4) is 0 Å². The molecule has 1 aliphatic rings. The van der Waals surface area contributed by atoms with Crippen LogP contribution in [0.1, 0.15) is 11.3 Å². The second-order valence-corrected chi connectivity index (χ2v) is 8.40. The Kier molecular flexibility index (Phi) is 6.15. The number of carbonyl (C=O) groups excluding carboxylic acids is 2. The van der Waals surface area contributed by atoms with E-state index in [0.717, 1.165) is 22.3 Å². The second kappa shape index (κ2) is 9.16. The number of hydrogen-bond donors (Lipinski definition) is 1. The van der Waals surface area contributed by atoms with Crippen molar-refractivity contribution in [1.29, 1.82) is 0 Å². The van der Waals surface area contributed by atoms with E-state index in [0.29, 0.717) is 22.0 Å². The van der Waals surface area contributed by atoms with Gasteiger partial charge in [-0.2, -0.15) is 5.01 Å². The van der Waals surface area contributed by atoms with Gasteiger partial charge in [-0.1, -0.05) is 42.1 Å². The summed E-state index contributed by atoms with van der Waals surface area (Å²) >= 11 is 6.29. The smallest absolute Gasteiger partial charge is 0.285 e. The Morgan fingerprint density at radius 1 is 1.12 bits per heavy atom. The fraction of sp³-hybridized carbons (Fsp3) is 0.0455. The molecule has 0 unspecified atom stereocenters. The van der Waals surface area contributed by atoms with Crippen molar-refractivity contribution in [2.75, 3.05) is 0 Å². The Labute approximate surface area is 192 Å². The third-order valence-corrected chi connectivity index (χ3v) is 5.80. The van der Waals surface area contributed by atoms with Crippen molar-refractivity contribution >= 4 is 51.9 Å². The second-order valence-electron chi connectivity index (χ2n) is 6.72. The predicted octanol–water partition coefficient (Wildman–Crippen LogP) is 4.33. The summed E-state index contributed by atoms with van der Waals surface area (Å²) in [7, 11) is 0. The molecule has 32 heavy (non-hydrogen) atoms. The van der Waals surface area contributed by atoms with Gasteiger partial charge in [0.25, 0.3) is 11.6 Å². The average molecular weight is 466 g/mol. The molecule has 160 valence electrons. The van der Waals surface area contributed by atoms with Gasteiger partial charge < -0.3 is 4.42 Å². The van der Waals surface area contributed by atoms with Crippen LogP contribution in [0.5, 0.6) is 0 Å². The monoisotopic (exact) mass is 465 g/mol. The number of amides is 2. The topological polar surface area (TPSA) is 106 Å². The number of hydrazine groups is 1. The molecule has 0 aliphatic carbocycles. The van der Waals surface area contributed by atoms with Gasteiger partial charge in [0.15, 0.2) is 4.32 Å². The van der Waals surface area contributed by atoms with E-state index in [4.69, 9.17) is 16.6 Å². The van der Waals surface area contributed by atoms with Gasteiger partial charge in [-0.3, -0.25) is 25.1 Å². The maximum atomic E-state index is 12.7. The van der Waals surface area contributed by atoms with E-state index >= 15 is 0 Å². The van der Waals surface area contributed by atoms with Crippen molar-refractivity contribution in [2.45, 2.75) is 6.42 Å². The first-order valence-electron chi connectivity index (χ1n) is 9.37. The number of non-ortho nitro benzene ring substituents is 1. The lowest BCUT2D eigenvalue weighted by atomic mass is 10.1. The van der Waals surface area contributed by atoms with E-state index in [9.17, 15) is 19.7 Å². The largest absolute Gasteiger partial charge is 0.457 e. The summed E-state index contributed by atoms with van der Waals surface area (Å²) in [6.07, 6.45) is 1.66. The standard InChI is InChI=1S/C22H15N3O5S2/c26-20(12-14-4-2-1-3-5-14)23-24-21(27)19(32-22(24)31)13-17-10-11-18(30-17)15-6-8-16(9-7-15)25(28)29/h1-11,13H,12H2,(H,23,26)/b19-13+. The third-order valence-electron chi connectivity index (χ3n) is 4.50. The lowest BCUT2D eigenvalue weighted by Crippen LogP contribution is -2.45.